The van der Waals surface area contributed by atoms with Gasteiger partial charge >= 0.3 is 0 Å². The van der Waals surface area contributed by atoms with E-state index in [0.29, 0.717) is 43.9 Å². The van der Waals surface area contributed by atoms with E-state index in [-0.39, 0.29) is 11.8 Å². The standard InChI is InChI=1S/C20H22N2O3/c1-2-19(23)21-12-14-22(15-13-21)20(24)16-8-10-18(11-9-16)25-17-6-4-3-5-7-17/h3-11H,2,12-15H2,1H3. The van der Waals surface area contributed by atoms with Crippen LogP contribution in [0.4, 0.5) is 0 Å². The monoisotopic (exact) mass is 338 g/mol. The van der Waals surface area contributed by atoms with Crippen LogP contribution in [0, 0.1) is 0 Å². The Morgan fingerprint density at radius 1 is 0.840 bits per heavy atom. The van der Waals surface area contributed by atoms with Gasteiger partial charge in [0.05, 0.1) is 0 Å². The highest BCUT2D eigenvalue weighted by atomic mass is 16.5. The Morgan fingerprint density at radius 2 is 1.40 bits per heavy atom. The summed E-state index contributed by atoms with van der Waals surface area (Å²) in [4.78, 5) is 27.9. The maximum Gasteiger partial charge on any atom is 0.253 e. The van der Waals surface area contributed by atoms with E-state index in [9.17, 15) is 9.59 Å². The third-order valence-corrected chi connectivity index (χ3v) is 4.30. The van der Waals surface area contributed by atoms with Crippen molar-refractivity contribution in [3.05, 3.63) is 60.2 Å². The predicted molar refractivity (Wildman–Crippen MR) is 95.7 cm³/mol. The van der Waals surface area contributed by atoms with Crippen molar-refractivity contribution in [2.45, 2.75) is 13.3 Å². The van der Waals surface area contributed by atoms with Crippen molar-refractivity contribution in [2.75, 3.05) is 26.2 Å². The maximum atomic E-state index is 12.6. The van der Waals surface area contributed by atoms with E-state index >= 15 is 0 Å². The average molecular weight is 338 g/mol. The molecule has 3 rings (SSSR count). The lowest BCUT2D eigenvalue weighted by Gasteiger charge is -2.34. The first-order chi connectivity index (χ1) is 12.2. The molecule has 1 fully saturated rings. The number of carbonyl (C=O) groups excluding carboxylic acids is 2. The molecule has 2 aromatic rings. The van der Waals surface area contributed by atoms with Gasteiger partial charge in [-0.3, -0.25) is 9.59 Å². The molecule has 0 bridgehead atoms. The van der Waals surface area contributed by atoms with Crippen LogP contribution in [0.3, 0.4) is 0 Å². The van der Waals surface area contributed by atoms with Crippen LogP contribution in [-0.2, 0) is 4.79 Å². The van der Waals surface area contributed by atoms with Crippen LogP contribution < -0.4 is 4.74 Å². The van der Waals surface area contributed by atoms with E-state index in [1.807, 2.05) is 42.2 Å². The van der Waals surface area contributed by atoms with Gasteiger partial charge in [-0.15, -0.1) is 0 Å². The second-order valence-electron chi connectivity index (χ2n) is 5.97. The van der Waals surface area contributed by atoms with Gasteiger partial charge in [-0.05, 0) is 36.4 Å². The smallest absolute Gasteiger partial charge is 0.253 e. The molecule has 0 radical (unpaired) electrons. The van der Waals surface area contributed by atoms with Crippen LogP contribution in [-0.4, -0.2) is 47.8 Å². The average Bonchev–Trinajstić information content (AvgIpc) is 2.68. The number of rotatable bonds is 4. The van der Waals surface area contributed by atoms with Crippen LogP contribution in [0.5, 0.6) is 11.5 Å². The molecule has 25 heavy (non-hydrogen) atoms. The second kappa shape index (κ2) is 7.83. The van der Waals surface area contributed by atoms with Crippen molar-refractivity contribution in [2.24, 2.45) is 0 Å². The van der Waals surface area contributed by atoms with Crippen molar-refractivity contribution in [3.8, 4) is 11.5 Å². The molecule has 130 valence electrons. The van der Waals surface area contributed by atoms with Crippen molar-refractivity contribution in [1.82, 2.24) is 9.80 Å². The lowest BCUT2D eigenvalue weighted by molar-refractivity contribution is -0.132. The van der Waals surface area contributed by atoms with Crippen molar-refractivity contribution in [1.29, 1.82) is 0 Å². The molecule has 5 heteroatoms. The Kier molecular flexibility index (Phi) is 5.33. The SMILES string of the molecule is CCC(=O)N1CCN(C(=O)c2ccc(Oc3ccccc3)cc2)CC1. The van der Waals surface area contributed by atoms with Gasteiger partial charge in [-0.1, -0.05) is 25.1 Å². The summed E-state index contributed by atoms with van der Waals surface area (Å²) in [6.45, 7) is 4.22. The number of carbonyl (C=O) groups is 2. The van der Waals surface area contributed by atoms with Crippen molar-refractivity contribution in [3.63, 3.8) is 0 Å². The molecule has 1 aliphatic rings. The molecular formula is C20H22N2O3. The van der Waals surface area contributed by atoms with Gasteiger partial charge in [0.1, 0.15) is 11.5 Å². The van der Waals surface area contributed by atoms with Gasteiger partial charge in [-0.25, -0.2) is 0 Å². The molecule has 5 nitrogen and oxygen atoms in total. The molecule has 1 saturated heterocycles. The quantitative estimate of drug-likeness (QED) is 0.860. The highest BCUT2D eigenvalue weighted by molar-refractivity contribution is 5.94. The summed E-state index contributed by atoms with van der Waals surface area (Å²) in [5, 5.41) is 0. The fourth-order valence-electron chi connectivity index (χ4n) is 2.86. The Morgan fingerprint density at radius 3 is 2.00 bits per heavy atom. The molecule has 0 aromatic heterocycles. The third-order valence-electron chi connectivity index (χ3n) is 4.30. The Bertz CT molecular complexity index is 720. The fraction of sp³-hybridized carbons (Fsp3) is 0.300. The number of hydrogen-bond donors (Lipinski definition) is 0. The first-order valence-electron chi connectivity index (χ1n) is 8.57. The summed E-state index contributed by atoms with van der Waals surface area (Å²) in [5.41, 5.74) is 0.635. The van der Waals surface area contributed by atoms with E-state index in [2.05, 4.69) is 0 Å². The summed E-state index contributed by atoms with van der Waals surface area (Å²) < 4.78 is 5.74. The predicted octanol–water partition coefficient (Wildman–Crippen LogP) is 3.17. The van der Waals surface area contributed by atoms with Crippen molar-refractivity contribution >= 4 is 11.8 Å². The van der Waals surface area contributed by atoms with Gasteiger partial charge in [0.15, 0.2) is 0 Å². The number of hydrogen-bond acceptors (Lipinski definition) is 3. The van der Waals surface area contributed by atoms with Gasteiger partial charge in [0.2, 0.25) is 5.91 Å². The van der Waals surface area contributed by atoms with Crippen LogP contribution in [0.15, 0.2) is 54.6 Å². The van der Waals surface area contributed by atoms with Gasteiger partial charge in [-0.2, -0.15) is 0 Å². The number of nitrogens with zero attached hydrogens (tertiary/aromatic N) is 2. The van der Waals surface area contributed by atoms with Gasteiger partial charge in [0.25, 0.3) is 5.91 Å². The Labute approximate surface area is 147 Å². The molecule has 0 spiro atoms. The minimum absolute atomic E-state index is 0.00476. The summed E-state index contributed by atoms with van der Waals surface area (Å²) in [6.07, 6.45) is 0.511. The van der Waals surface area contributed by atoms with E-state index in [1.54, 1.807) is 29.2 Å². The summed E-state index contributed by atoms with van der Waals surface area (Å²) in [5.74, 6) is 1.60. The molecular weight excluding hydrogens is 316 g/mol. The number of benzene rings is 2. The van der Waals surface area contributed by atoms with Crippen LogP contribution in [0.25, 0.3) is 0 Å². The molecule has 1 aliphatic heterocycles. The lowest BCUT2D eigenvalue weighted by Crippen LogP contribution is -2.50. The molecule has 0 atom stereocenters. The number of ether oxygens (including phenoxy) is 1. The van der Waals surface area contributed by atoms with E-state index in [4.69, 9.17) is 4.74 Å². The molecule has 2 aromatic carbocycles. The number of para-hydroxylation sites is 1. The van der Waals surface area contributed by atoms with E-state index in [1.165, 1.54) is 0 Å². The lowest BCUT2D eigenvalue weighted by atomic mass is 10.1. The van der Waals surface area contributed by atoms with E-state index in [0.717, 1.165) is 5.75 Å². The number of piperazine rings is 1. The summed E-state index contributed by atoms with van der Waals surface area (Å²) in [7, 11) is 0. The summed E-state index contributed by atoms with van der Waals surface area (Å²) in [6, 6.07) is 16.7. The molecule has 1 heterocycles. The highest BCUT2D eigenvalue weighted by Crippen LogP contribution is 2.21. The molecule has 0 aliphatic carbocycles. The first kappa shape index (κ1) is 17.0. The molecule has 2 amide bonds. The first-order valence-corrected chi connectivity index (χ1v) is 8.57. The zero-order valence-corrected chi connectivity index (χ0v) is 14.4. The zero-order chi connectivity index (χ0) is 17.6. The summed E-state index contributed by atoms with van der Waals surface area (Å²) >= 11 is 0. The number of amides is 2. The van der Waals surface area contributed by atoms with Crippen molar-refractivity contribution < 1.29 is 14.3 Å². The zero-order valence-electron chi connectivity index (χ0n) is 14.4. The Hall–Kier alpha value is -2.82. The minimum Gasteiger partial charge on any atom is -0.457 e. The molecule has 0 saturated carbocycles. The van der Waals surface area contributed by atoms with Crippen LogP contribution in [0.1, 0.15) is 23.7 Å². The van der Waals surface area contributed by atoms with E-state index < -0.39 is 0 Å². The van der Waals surface area contributed by atoms with Gasteiger partial charge < -0.3 is 14.5 Å². The second-order valence-corrected chi connectivity index (χ2v) is 5.97. The Balaban J connectivity index is 1.59. The topological polar surface area (TPSA) is 49.9 Å². The maximum absolute atomic E-state index is 12.6. The third kappa shape index (κ3) is 4.18. The molecule has 0 N–H and O–H groups in total. The van der Waals surface area contributed by atoms with Crippen LogP contribution >= 0.6 is 0 Å². The normalized spacial score (nSPS) is 14.3. The van der Waals surface area contributed by atoms with Crippen LogP contribution in [0.2, 0.25) is 0 Å². The van der Waals surface area contributed by atoms with Gasteiger partial charge in [0, 0.05) is 38.2 Å². The minimum atomic E-state index is -0.00476. The largest absolute Gasteiger partial charge is 0.457 e. The fourth-order valence-corrected chi connectivity index (χ4v) is 2.86. The highest BCUT2D eigenvalue weighted by Gasteiger charge is 2.24. The molecule has 0 unspecified atom stereocenters.